The van der Waals surface area contributed by atoms with Gasteiger partial charge in [0, 0.05) is 18.4 Å². The first-order valence-electron chi connectivity index (χ1n) is 8.41. The Bertz CT molecular complexity index is 756. The lowest BCUT2D eigenvalue weighted by Gasteiger charge is -2.15. The standard InChI is InChI=1S/C17H20Cl2F3N5/c18-13-6-5-11(9-14(13)19)26-16-25-10-12(17(20,21)22)15(27-16)24-8-4-2-1-3-7-23/h5-6,9-10H,1-4,7-8,23H2,(H2,24,25,26,27). The first kappa shape index (κ1) is 21.5. The van der Waals surface area contributed by atoms with Gasteiger partial charge in [0.2, 0.25) is 5.95 Å². The van der Waals surface area contributed by atoms with Crippen LogP contribution in [0.3, 0.4) is 0 Å². The van der Waals surface area contributed by atoms with Crippen molar-refractivity contribution >= 4 is 40.7 Å². The van der Waals surface area contributed by atoms with Crippen molar-refractivity contribution in [2.45, 2.75) is 31.9 Å². The third-order valence-electron chi connectivity index (χ3n) is 3.69. The largest absolute Gasteiger partial charge is 0.421 e. The van der Waals surface area contributed by atoms with Crippen molar-refractivity contribution in [3.8, 4) is 0 Å². The molecule has 0 bridgehead atoms. The van der Waals surface area contributed by atoms with Gasteiger partial charge >= 0.3 is 6.18 Å². The van der Waals surface area contributed by atoms with Gasteiger partial charge in [-0.3, -0.25) is 0 Å². The number of nitrogens with one attached hydrogen (secondary N) is 2. The quantitative estimate of drug-likeness (QED) is 0.467. The molecular weight excluding hydrogens is 402 g/mol. The summed E-state index contributed by atoms with van der Waals surface area (Å²) in [5, 5.41) is 6.25. The first-order chi connectivity index (χ1) is 12.8. The molecule has 0 amide bonds. The van der Waals surface area contributed by atoms with E-state index >= 15 is 0 Å². The van der Waals surface area contributed by atoms with Gasteiger partial charge in [0.25, 0.3) is 0 Å². The third kappa shape index (κ3) is 6.71. The topological polar surface area (TPSA) is 75.9 Å². The van der Waals surface area contributed by atoms with Crippen molar-refractivity contribution in [2.24, 2.45) is 5.73 Å². The molecule has 0 aliphatic rings. The SMILES string of the molecule is NCCCCCCNc1nc(Nc2ccc(Cl)c(Cl)c2)ncc1C(F)(F)F. The highest BCUT2D eigenvalue weighted by Gasteiger charge is 2.35. The van der Waals surface area contributed by atoms with Gasteiger partial charge in [-0.2, -0.15) is 18.2 Å². The maximum atomic E-state index is 13.2. The van der Waals surface area contributed by atoms with Crippen LogP contribution in [0.5, 0.6) is 0 Å². The van der Waals surface area contributed by atoms with Crippen LogP contribution in [0, 0.1) is 0 Å². The number of alkyl halides is 3. The van der Waals surface area contributed by atoms with Gasteiger partial charge in [0.05, 0.1) is 10.0 Å². The molecule has 1 aromatic heterocycles. The summed E-state index contributed by atoms with van der Waals surface area (Å²) in [6, 6.07) is 4.73. The van der Waals surface area contributed by atoms with E-state index < -0.39 is 11.7 Å². The molecule has 148 valence electrons. The van der Waals surface area contributed by atoms with Crippen LogP contribution in [-0.2, 0) is 6.18 Å². The molecule has 0 atom stereocenters. The van der Waals surface area contributed by atoms with Crippen LogP contribution < -0.4 is 16.4 Å². The number of hydrogen-bond donors (Lipinski definition) is 3. The predicted molar refractivity (Wildman–Crippen MR) is 103 cm³/mol. The van der Waals surface area contributed by atoms with Crippen molar-refractivity contribution in [1.29, 1.82) is 0 Å². The van der Waals surface area contributed by atoms with Gasteiger partial charge in [0.15, 0.2) is 0 Å². The summed E-state index contributed by atoms with van der Waals surface area (Å²) in [6.45, 7) is 0.984. The summed E-state index contributed by atoms with van der Waals surface area (Å²) in [5.41, 5.74) is 5.02. The van der Waals surface area contributed by atoms with Crippen LogP contribution in [0.4, 0.5) is 30.6 Å². The summed E-state index contributed by atoms with van der Waals surface area (Å²) < 4.78 is 39.6. The van der Waals surface area contributed by atoms with Gasteiger partial charge in [-0.25, -0.2) is 4.98 Å². The lowest BCUT2D eigenvalue weighted by Crippen LogP contribution is -2.15. The van der Waals surface area contributed by atoms with E-state index in [1.807, 2.05) is 0 Å². The molecule has 10 heteroatoms. The highest BCUT2D eigenvalue weighted by Crippen LogP contribution is 2.34. The zero-order valence-electron chi connectivity index (χ0n) is 14.4. The molecular formula is C17H20Cl2F3N5. The average Bonchev–Trinajstić information content (AvgIpc) is 2.60. The Labute approximate surface area is 165 Å². The average molecular weight is 422 g/mol. The minimum atomic E-state index is -4.55. The van der Waals surface area contributed by atoms with Gasteiger partial charge in [-0.05, 0) is 37.6 Å². The molecule has 1 heterocycles. The number of anilines is 3. The van der Waals surface area contributed by atoms with Crippen LogP contribution in [0.2, 0.25) is 10.0 Å². The van der Waals surface area contributed by atoms with Gasteiger partial charge in [-0.1, -0.05) is 36.0 Å². The molecule has 0 aliphatic carbocycles. The number of nitrogens with zero attached hydrogens (tertiary/aromatic N) is 2. The fraction of sp³-hybridized carbons (Fsp3) is 0.412. The summed E-state index contributed by atoms with van der Waals surface area (Å²) in [4.78, 5) is 7.72. The van der Waals surface area contributed by atoms with E-state index in [1.165, 1.54) is 6.07 Å². The molecule has 5 nitrogen and oxygen atoms in total. The van der Waals surface area contributed by atoms with Crippen LogP contribution in [0.25, 0.3) is 0 Å². The van der Waals surface area contributed by atoms with E-state index in [-0.39, 0.29) is 11.8 Å². The Hall–Kier alpha value is -1.77. The molecule has 2 rings (SSSR count). The van der Waals surface area contributed by atoms with Gasteiger partial charge < -0.3 is 16.4 Å². The van der Waals surface area contributed by atoms with Crippen molar-refractivity contribution in [3.05, 3.63) is 40.0 Å². The smallest absolute Gasteiger partial charge is 0.369 e. The molecule has 2 aromatic rings. The lowest BCUT2D eigenvalue weighted by atomic mass is 10.2. The molecule has 0 saturated heterocycles. The van der Waals surface area contributed by atoms with Crippen LogP contribution >= 0.6 is 23.2 Å². The van der Waals surface area contributed by atoms with E-state index in [0.29, 0.717) is 28.8 Å². The van der Waals surface area contributed by atoms with Crippen LogP contribution in [0.15, 0.2) is 24.4 Å². The third-order valence-corrected chi connectivity index (χ3v) is 4.43. The zero-order chi connectivity index (χ0) is 19.9. The van der Waals surface area contributed by atoms with E-state index in [1.54, 1.807) is 12.1 Å². The van der Waals surface area contributed by atoms with Crippen molar-refractivity contribution in [3.63, 3.8) is 0 Å². The van der Waals surface area contributed by atoms with E-state index in [0.717, 1.165) is 31.9 Å². The van der Waals surface area contributed by atoms with E-state index in [2.05, 4.69) is 20.6 Å². The molecule has 0 spiro atoms. The Morgan fingerprint density at radius 3 is 2.44 bits per heavy atom. The number of benzene rings is 1. The second-order valence-electron chi connectivity index (χ2n) is 5.84. The Morgan fingerprint density at radius 1 is 1.04 bits per heavy atom. The van der Waals surface area contributed by atoms with Crippen molar-refractivity contribution in [1.82, 2.24) is 9.97 Å². The molecule has 27 heavy (non-hydrogen) atoms. The summed E-state index contributed by atoms with van der Waals surface area (Å²) >= 11 is 11.8. The molecule has 0 saturated carbocycles. The predicted octanol–water partition coefficient (Wildman–Crippen LogP) is 5.48. The highest BCUT2D eigenvalue weighted by molar-refractivity contribution is 6.42. The molecule has 0 aliphatic heterocycles. The minimum absolute atomic E-state index is 0.0204. The summed E-state index contributed by atoms with van der Waals surface area (Å²) in [7, 11) is 0. The number of halogens is 5. The number of unbranched alkanes of at least 4 members (excludes halogenated alkanes) is 3. The van der Waals surface area contributed by atoms with Crippen LogP contribution in [-0.4, -0.2) is 23.1 Å². The lowest BCUT2D eigenvalue weighted by molar-refractivity contribution is -0.137. The Kier molecular flexibility index (Phi) is 7.94. The van der Waals surface area contributed by atoms with E-state index in [9.17, 15) is 13.2 Å². The maximum absolute atomic E-state index is 13.2. The van der Waals surface area contributed by atoms with Crippen molar-refractivity contribution < 1.29 is 13.2 Å². The number of rotatable bonds is 9. The van der Waals surface area contributed by atoms with Gasteiger partial charge in [0.1, 0.15) is 11.4 Å². The normalized spacial score (nSPS) is 11.5. The first-order valence-corrected chi connectivity index (χ1v) is 9.17. The second kappa shape index (κ2) is 9.96. The molecule has 0 fully saturated rings. The zero-order valence-corrected chi connectivity index (χ0v) is 15.9. The Morgan fingerprint density at radius 2 is 1.78 bits per heavy atom. The minimum Gasteiger partial charge on any atom is -0.369 e. The maximum Gasteiger partial charge on any atom is 0.421 e. The summed E-state index contributed by atoms with van der Waals surface area (Å²) in [6.07, 6.45) is -0.354. The van der Waals surface area contributed by atoms with Crippen LogP contribution in [0.1, 0.15) is 31.2 Å². The highest BCUT2D eigenvalue weighted by atomic mass is 35.5. The monoisotopic (exact) mass is 421 g/mol. The van der Waals surface area contributed by atoms with Crippen molar-refractivity contribution in [2.75, 3.05) is 23.7 Å². The number of hydrogen-bond acceptors (Lipinski definition) is 5. The van der Waals surface area contributed by atoms with E-state index in [4.69, 9.17) is 28.9 Å². The Balaban J connectivity index is 2.11. The molecule has 4 N–H and O–H groups in total. The fourth-order valence-electron chi connectivity index (χ4n) is 2.32. The molecule has 0 unspecified atom stereocenters. The fourth-order valence-corrected chi connectivity index (χ4v) is 2.62. The summed E-state index contributed by atoms with van der Waals surface area (Å²) in [5.74, 6) is -0.245. The molecule has 0 radical (unpaired) electrons. The number of nitrogens with two attached hydrogens (primary N) is 1. The number of aromatic nitrogens is 2. The molecule has 1 aromatic carbocycles. The van der Waals surface area contributed by atoms with Gasteiger partial charge in [-0.15, -0.1) is 0 Å². The second-order valence-corrected chi connectivity index (χ2v) is 6.65.